The molecule has 5 heteroatoms. The molecule has 0 aromatic heterocycles. The third-order valence-electron chi connectivity index (χ3n) is 2.66. The molecule has 0 aliphatic heterocycles. The standard InChI is InChI=1S/C14H11N3O2/c1-19-14(18)12-9-11(7-8-13(12)16-17-15)10-5-3-2-4-6-10/h2-9H,1H3. The van der Waals surface area contributed by atoms with Crippen molar-refractivity contribution in [2.24, 2.45) is 5.11 Å². The molecule has 0 amide bonds. The maximum atomic E-state index is 11.7. The largest absolute Gasteiger partial charge is 0.465 e. The highest BCUT2D eigenvalue weighted by Gasteiger charge is 2.12. The molecule has 0 bridgehead atoms. The summed E-state index contributed by atoms with van der Waals surface area (Å²) in [6, 6.07) is 14.7. The van der Waals surface area contributed by atoms with Crippen LogP contribution in [0, 0.1) is 0 Å². The van der Waals surface area contributed by atoms with Crippen molar-refractivity contribution in [1.82, 2.24) is 0 Å². The van der Waals surface area contributed by atoms with Crippen LogP contribution in [0.5, 0.6) is 0 Å². The second-order valence-electron chi connectivity index (χ2n) is 3.78. The van der Waals surface area contributed by atoms with E-state index in [4.69, 9.17) is 10.3 Å². The zero-order chi connectivity index (χ0) is 13.7. The summed E-state index contributed by atoms with van der Waals surface area (Å²) >= 11 is 0. The number of hydrogen-bond donors (Lipinski definition) is 0. The molecule has 2 aromatic rings. The van der Waals surface area contributed by atoms with Crippen molar-refractivity contribution < 1.29 is 9.53 Å². The minimum Gasteiger partial charge on any atom is -0.465 e. The highest BCUT2D eigenvalue weighted by Crippen LogP contribution is 2.27. The van der Waals surface area contributed by atoms with Gasteiger partial charge in [0.2, 0.25) is 0 Å². The zero-order valence-electron chi connectivity index (χ0n) is 10.3. The summed E-state index contributed by atoms with van der Waals surface area (Å²) in [4.78, 5) is 14.4. The second-order valence-corrected chi connectivity index (χ2v) is 3.78. The van der Waals surface area contributed by atoms with Crippen LogP contribution in [0.15, 0.2) is 53.6 Å². The van der Waals surface area contributed by atoms with Gasteiger partial charge in [-0.1, -0.05) is 47.6 Å². The lowest BCUT2D eigenvalue weighted by atomic mass is 10.0. The van der Waals surface area contributed by atoms with Crippen molar-refractivity contribution in [2.45, 2.75) is 0 Å². The summed E-state index contributed by atoms with van der Waals surface area (Å²) in [5.41, 5.74) is 10.8. The molecule has 0 saturated heterocycles. The predicted octanol–water partition coefficient (Wildman–Crippen LogP) is 4.08. The second kappa shape index (κ2) is 5.71. The zero-order valence-corrected chi connectivity index (χ0v) is 10.3. The van der Waals surface area contributed by atoms with E-state index < -0.39 is 5.97 Å². The van der Waals surface area contributed by atoms with Crippen molar-refractivity contribution in [3.05, 3.63) is 64.5 Å². The van der Waals surface area contributed by atoms with E-state index >= 15 is 0 Å². The predicted molar refractivity (Wildman–Crippen MR) is 72.0 cm³/mol. The number of benzene rings is 2. The Kier molecular flexibility index (Phi) is 3.81. The van der Waals surface area contributed by atoms with Crippen molar-refractivity contribution in [3.63, 3.8) is 0 Å². The first-order valence-corrected chi connectivity index (χ1v) is 5.59. The van der Waals surface area contributed by atoms with Crippen molar-refractivity contribution in [1.29, 1.82) is 0 Å². The number of esters is 1. The third-order valence-corrected chi connectivity index (χ3v) is 2.66. The summed E-state index contributed by atoms with van der Waals surface area (Å²) in [5, 5.41) is 3.49. The molecule has 0 spiro atoms. The molecule has 0 aliphatic carbocycles. The molecule has 0 aliphatic rings. The first-order valence-electron chi connectivity index (χ1n) is 5.59. The summed E-state index contributed by atoms with van der Waals surface area (Å²) in [5.74, 6) is -0.528. The summed E-state index contributed by atoms with van der Waals surface area (Å²) in [6.45, 7) is 0. The number of carbonyl (C=O) groups excluding carboxylic acids is 1. The summed E-state index contributed by atoms with van der Waals surface area (Å²) in [7, 11) is 1.29. The summed E-state index contributed by atoms with van der Waals surface area (Å²) < 4.78 is 4.69. The van der Waals surface area contributed by atoms with Crippen LogP contribution in [-0.4, -0.2) is 13.1 Å². The number of methoxy groups -OCH3 is 1. The maximum absolute atomic E-state index is 11.7. The van der Waals surface area contributed by atoms with E-state index in [0.717, 1.165) is 11.1 Å². The van der Waals surface area contributed by atoms with Gasteiger partial charge in [-0.3, -0.25) is 0 Å². The summed E-state index contributed by atoms with van der Waals surface area (Å²) in [6.07, 6.45) is 0. The Morgan fingerprint density at radius 1 is 1.16 bits per heavy atom. The van der Waals surface area contributed by atoms with Crippen LogP contribution in [0.4, 0.5) is 5.69 Å². The molecule has 5 nitrogen and oxygen atoms in total. The van der Waals surface area contributed by atoms with Crippen LogP contribution in [0.2, 0.25) is 0 Å². The number of ether oxygens (including phenoxy) is 1. The van der Waals surface area contributed by atoms with Crippen LogP contribution in [0.1, 0.15) is 10.4 Å². The van der Waals surface area contributed by atoms with Gasteiger partial charge in [0.25, 0.3) is 0 Å². The van der Waals surface area contributed by atoms with Gasteiger partial charge in [-0.15, -0.1) is 0 Å². The fraction of sp³-hybridized carbons (Fsp3) is 0.0714. The third kappa shape index (κ3) is 2.73. The first-order chi connectivity index (χ1) is 9.26. The van der Waals surface area contributed by atoms with E-state index in [9.17, 15) is 4.79 Å². The lowest BCUT2D eigenvalue weighted by Gasteiger charge is -2.07. The van der Waals surface area contributed by atoms with Crippen LogP contribution in [-0.2, 0) is 4.74 Å². The average molecular weight is 253 g/mol. The Morgan fingerprint density at radius 2 is 1.89 bits per heavy atom. The van der Waals surface area contributed by atoms with Crippen molar-refractivity contribution in [3.8, 4) is 11.1 Å². The van der Waals surface area contributed by atoms with Crippen LogP contribution in [0.25, 0.3) is 21.6 Å². The van der Waals surface area contributed by atoms with Gasteiger partial charge in [0.1, 0.15) is 0 Å². The molecule has 0 unspecified atom stereocenters. The van der Waals surface area contributed by atoms with E-state index in [0.29, 0.717) is 0 Å². The van der Waals surface area contributed by atoms with Gasteiger partial charge >= 0.3 is 5.97 Å². The highest BCUT2D eigenvalue weighted by atomic mass is 16.5. The molecular formula is C14H11N3O2. The van der Waals surface area contributed by atoms with Gasteiger partial charge in [-0.25, -0.2) is 4.79 Å². The molecule has 0 atom stereocenters. The van der Waals surface area contributed by atoms with Gasteiger partial charge < -0.3 is 4.74 Å². The van der Waals surface area contributed by atoms with Crippen molar-refractivity contribution >= 4 is 11.7 Å². The van der Waals surface area contributed by atoms with Crippen LogP contribution >= 0.6 is 0 Å². The highest BCUT2D eigenvalue weighted by molar-refractivity contribution is 5.96. The molecule has 0 fully saturated rings. The first kappa shape index (κ1) is 12.7. The van der Waals surface area contributed by atoms with Crippen LogP contribution < -0.4 is 0 Å². The maximum Gasteiger partial charge on any atom is 0.338 e. The van der Waals surface area contributed by atoms with Crippen LogP contribution in [0.3, 0.4) is 0 Å². The Balaban J connectivity index is 2.55. The lowest BCUT2D eigenvalue weighted by Crippen LogP contribution is -2.01. The van der Waals surface area contributed by atoms with E-state index in [2.05, 4.69) is 10.0 Å². The Morgan fingerprint density at radius 3 is 2.53 bits per heavy atom. The van der Waals surface area contributed by atoms with Gasteiger partial charge in [0.05, 0.1) is 18.4 Å². The van der Waals surface area contributed by atoms with Gasteiger partial charge in [0.15, 0.2) is 0 Å². The Labute approximate surface area is 110 Å². The molecule has 0 heterocycles. The Hall–Kier alpha value is -2.78. The number of hydrogen-bond acceptors (Lipinski definition) is 3. The molecule has 2 aromatic carbocycles. The van der Waals surface area contributed by atoms with Crippen molar-refractivity contribution in [2.75, 3.05) is 7.11 Å². The average Bonchev–Trinajstić information content (AvgIpc) is 2.48. The van der Waals surface area contributed by atoms with E-state index in [1.54, 1.807) is 18.2 Å². The van der Waals surface area contributed by atoms with Gasteiger partial charge in [-0.2, -0.15) is 0 Å². The Bertz CT molecular complexity index is 647. The number of azide groups is 1. The fourth-order valence-corrected chi connectivity index (χ4v) is 1.76. The topological polar surface area (TPSA) is 75.1 Å². The molecule has 0 saturated carbocycles. The minimum absolute atomic E-state index is 0.252. The number of nitrogens with zero attached hydrogens (tertiary/aromatic N) is 3. The molecule has 19 heavy (non-hydrogen) atoms. The van der Waals surface area contributed by atoms with E-state index in [-0.39, 0.29) is 11.3 Å². The van der Waals surface area contributed by atoms with Gasteiger partial charge in [0, 0.05) is 4.91 Å². The quantitative estimate of drug-likeness (QED) is 0.357. The lowest BCUT2D eigenvalue weighted by molar-refractivity contribution is 0.0602. The minimum atomic E-state index is -0.528. The van der Waals surface area contributed by atoms with E-state index in [1.165, 1.54) is 7.11 Å². The smallest absolute Gasteiger partial charge is 0.338 e. The van der Waals surface area contributed by atoms with Gasteiger partial charge in [-0.05, 0) is 22.7 Å². The molecule has 0 N–H and O–H groups in total. The molecule has 2 rings (SSSR count). The molecular weight excluding hydrogens is 242 g/mol. The molecule has 94 valence electrons. The monoisotopic (exact) mass is 253 g/mol. The number of rotatable bonds is 3. The molecule has 0 radical (unpaired) electrons. The van der Waals surface area contributed by atoms with E-state index in [1.807, 2.05) is 30.3 Å². The normalized spacial score (nSPS) is 9.53. The number of carbonyl (C=O) groups is 1. The SMILES string of the molecule is COC(=O)c1cc(-c2ccccc2)ccc1N=[N+]=[N-]. The fourth-order valence-electron chi connectivity index (χ4n) is 1.76.